The second kappa shape index (κ2) is 8.43. The first kappa shape index (κ1) is 17.2. The highest BCUT2D eigenvalue weighted by atomic mass is 16.5. The summed E-state index contributed by atoms with van der Waals surface area (Å²) >= 11 is 0. The van der Waals surface area contributed by atoms with Crippen molar-refractivity contribution in [2.24, 2.45) is 0 Å². The fourth-order valence-corrected chi connectivity index (χ4v) is 2.71. The molecule has 25 heavy (non-hydrogen) atoms. The molecule has 0 unspecified atom stereocenters. The molecule has 2 aromatic heterocycles. The summed E-state index contributed by atoms with van der Waals surface area (Å²) in [4.78, 5) is 18.7. The number of ether oxygens (including phenoxy) is 1. The molecule has 2 aromatic rings. The van der Waals surface area contributed by atoms with Gasteiger partial charge in [-0.3, -0.25) is 0 Å². The standard InChI is InChI=1S/C16H23N7O2/c1-2-22-12-20-21-14(22)11-19-16(24)18-10-13-4-3-5-17-15(13)23-6-8-25-9-7-23/h3-5,12H,2,6-11H2,1H3,(H2,18,19,24). The number of amides is 2. The van der Waals surface area contributed by atoms with E-state index in [1.165, 1.54) is 0 Å². The van der Waals surface area contributed by atoms with Crippen molar-refractivity contribution in [2.45, 2.75) is 26.6 Å². The Labute approximate surface area is 146 Å². The number of rotatable bonds is 6. The van der Waals surface area contributed by atoms with Crippen molar-refractivity contribution in [3.05, 3.63) is 36.0 Å². The molecule has 3 rings (SSSR count). The maximum absolute atomic E-state index is 12.1. The van der Waals surface area contributed by atoms with Gasteiger partial charge in [0.2, 0.25) is 0 Å². The van der Waals surface area contributed by atoms with E-state index in [9.17, 15) is 4.79 Å². The van der Waals surface area contributed by atoms with Gasteiger partial charge in [-0.2, -0.15) is 0 Å². The summed E-state index contributed by atoms with van der Waals surface area (Å²) in [6, 6.07) is 3.61. The Morgan fingerprint density at radius 1 is 1.28 bits per heavy atom. The van der Waals surface area contributed by atoms with E-state index < -0.39 is 0 Å². The summed E-state index contributed by atoms with van der Waals surface area (Å²) < 4.78 is 7.27. The van der Waals surface area contributed by atoms with Gasteiger partial charge in [-0.15, -0.1) is 10.2 Å². The minimum Gasteiger partial charge on any atom is -0.378 e. The molecular formula is C16H23N7O2. The smallest absolute Gasteiger partial charge is 0.315 e. The molecule has 0 aromatic carbocycles. The number of morpholine rings is 1. The number of carbonyl (C=O) groups is 1. The molecule has 0 saturated carbocycles. The highest BCUT2D eigenvalue weighted by Gasteiger charge is 2.16. The van der Waals surface area contributed by atoms with Crippen molar-refractivity contribution < 1.29 is 9.53 Å². The zero-order chi connectivity index (χ0) is 17.5. The number of pyridine rings is 1. The van der Waals surface area contributed by atoms with Gasteiger partial charge in [0.25, 0.3) is 0 Å². The van der Waals surface area contributed by atoms with Crippen LogP contribution >= 0.6 is 0 Å². The van der Waals surface area contributed by atoms with Crippen molar-refractivity contribution >= 4 is 11.8 Å². The monoisotopic (exact) mass is 345 g/mol. The SMILES string of the molecule is CCn1cnnc1CNC(=O)NCc1cccnc1N1CCOCC1. The van der Waals surface area contributed by atoms with Crippen molar-refractivity contribution in [1.29, 1.82) is 0 Å². The number of urea groups is 1. The molecule has 2 N–H and O–H groups in total. The lowest BCUT2D eigenvalue weighted by molar-refractivity contribution is 0.122. The number of carbonyl (C=O) groups excluding carboxylic acids is 1. The Morgan fingerprint density at radius 2 is 2.08 bits per heavy atom. The molecule has 9 nitrogen and oxygen atoms in total. The molecule has 2 amide bonds. The minimum atomic E-state index is -0.248. The van der Waals surface area contributed by atoms with Crippen LogP contribution in [0.25, 0.3) is 0 Å². The Morgan fingerprint density at radius 3 is 2.88 bits per heavy atom. The molecular weight excluding hydrogens is 322 g/mol. The Bertz CT molecular complexity index is 697. The molecule has 0 atom stereocenters. The predicted octanol–water partition coefficient (Wildman–Crippen LogP) is 0.529. The van der Waals surface area contributed by atoms with Crippen molar-refractivity contribution in [3.63, 3.8) is 0 Å². The summed E-state index contributed by atoms with van der Waals surface area (Å²) in [6.45, 7) is 6.53. The molecule has 1 aliphatic heterocycles. The van der Waals surface area contributed by atoms with Crippen LogP contribution in [0.15, 0.2) is 24.7 Å². The van der Waals surface area contributed by atoms with E-state index in [4.69, 9.17) is 4.74 Å². The normalized spacial score (nSPS) is 14.4. The third-order valence-electron chi connectivity index (χ3n) is 4.06. The Hall–Kier alpha value is -2.68. The molecule has 0 spiro atoms. The van der Waals surface area contributed by atoms with E-state index in [2.05, 4.69) is 30.7 Å². The first-order valence-corrected chi connectivity index (χ1v) is 8.43. The topological polar surface area (TPSA) is 97.2 Å². The molecule has 0 radical (unpaired) electrons. The van der Waals surface area contributed by atoms with Gasteiger partial charge in [0.1, 0.15) is 12.1 Å². The Balaban J connectivity index is 1.53. The maximum atomic E-state index is 12.1. The highest BCUT2D eigenvalue weighted by Crippen LogP contribution is 2.18. The number of anilines is 1. The van der Waals surface area contributed by atoms with E-state index in [1.54, 1.807) is 12.5 Å². The molecule has 0 aliphatic carbocycles. The lowest BCUT2D eigenvalue weighted by Crippen LogP contribution is -2.39. The molecule has 1 fully saturated rings. The molecule has 134 valence electrons. The average Bonchev–Trinajstić information content (AvgIpc) is 3.13. The van der Waals surface area contributed by atoms with Gasteiger partial charge >= 0.3 is 6.03 Å². The van der Waals surface area contributed by atoms with Gasteiger partial charge in [0.05, 0.1) is 19.8 Å². The fourth-order valence-electron chi connectivity index (χ4n) is 2.71. The third kappa shape index (κ3) is 4.44. The van der Waals surface area contributed by atoms with Crippen LogP contribution in [0.4, 0.5) is 10.6 Å². The summed E-state index contributed by atoms with van der Waals surface area (Å²) in [5, 5.41) is 13.5. The maximum Gasteiger partial charge on any atom is 0.315 e. The van der Waals surface area contributed by atoms with Crippen LogP contribution in [0.2, 0.25) is 0 Å². The van der Waals surface area contributed by atoms with Gasteiger partial charge < -0.3 is 24.8 Å². The summed E-state index contributed by atoms with van der Waals surface area (Å²) in [6.07, 6.45) is 3.42. The largest absolute Gasteiger partial charge is 0.378 e. The molecule has 1 saturated heterocycles. The zero-order valence-corrected chi connectivity index (χ0v) is 14.3. The highest BCUT2D eigenvalue weighted by molar-refractivity contribution is 5.74. The summed E-state index contributed by atoms with van der Waals surface area (Å²) in [5.41, 5.74) is 0.983. The number of aromatic nitrogens is 4. The lowest BCUT2D eigenvalue weighted by atomic mass is 10.2. The Kier molecular flexibility index (Phi) is 5.78. The van der Waals surface area contributed by atoms with E-state index in [0.717, 1.165) is 36.8 Å². The second-order valence-corrected chi connectivity index (χ2v) is 5.65. The van der Waals surface area contributed by atoms with Crippen LogP contribution in [0.5, 0.6) is 0 Å². The van der Waals surface area contributed by atoms with E-state index in [-0.39, 0.29) is 6.03 Å². The lowest BCUT2D eigenvalue weighted by Gasteiger charge is -2.29. The van der Waals surface area contributed by atoms with Crippen molar-refractivity contribution in [3.8, 4) is 0 Å². The van der Waals surface area contributed by atoms with Gasteiger partial charge in [0.15, 0.2) is 5.82 Å². The first-order chi connectivity index (χ1) is 12.3. The molecule has 1 aliphatic rings. The van der Waals surface area contributed by atoms with Gasteiger partial charge in [-0.05, 0) is 13.0 Å². The summed E-state index contributed by atoms with van der Waals surface area (Å²) in [5.74, 6) is 1.63. The summed E-state index contributed by atoms with van der Waals surface area (Å²) in [7, 11) is 0. The number of hydrogen-bond acceptors (Lipinski definition) is 6. The van der Waals surface area contributed by atoms with Crippen LogP contribution in [-0.4, -0.2) is 52.1 Å². The van der Waals surface area contributed by atoms with Crippen molar-refractivity contribution in [2.75, 3.05) is 31.2 Å². The third-order valence-corrected chi connectivity index (χ3v) is 4.06. The second-order valence-electron chi connectivity index (χ2n) is 5.65. The van der Waals surface area contributed by atoms with Gasteiger partial charge in [-0.25, -0.2) is 9.78 Å². The van der Waals surface area contributed by atoms with Crippen LogP contribution in [0, 0.1) is 0 Å². The predicted molar refractivity (Wildman–Crippen MR) is 92.0 cm³/mol. The molecule has 3 heterocycles. The quantitative estimate of drug-likeness (QED) is 0.793. The van der Waals surface area contributed by atoms with Crippen LogP contribution in [0.1, 0.15) is 18.3 Å². The number of hydrogen-bond donors (Lipinski definition) is 2. The van der Waals surface area contributed by atoms with E-state index >= 15 is 0 Å². The van der Waals surface area contributed by atoms with Crippen LogP contribution in [-0.2, 0) is 24.4 Å². The van der Waals surface area contributed by atoms with Crippen LogP contribution in [0.3, 0.4) is 0 Å². The van der Waals surface area contributed by atoms with Crippen molar-refractivity contribution in [1.82, 2.24) is 30.4 Å². The number of aryl methyl sites for hydroxylation is 1. The first-order valence-electron chi connectivity index (χ1n) is 8.43. The van der Waals surface area contributed by atoms with Crippen LogP contribution < -0.4 is 15.5 Å². The van der Waals surface area contributed by atoms with Gasteiger partial charge in [-0.1, -0.05) is 6.07 Å². The van der Waals surface area contributed by atoms with Gasteiger partial charge in [0, 0.05) is 37.9 Å². The minimum absolute atomic E-state index is 0.248. The average molecular weight is 345 g/mol. The zero-order valence-electron chi connectivity index (χ0n) is 14.3. The number of nitrogens with zero attached hydrogens (tertiary/aromatic N) is 5. The molecule has 9 heteroatoms. The van der Waals surface area contributed by atoms with E-state index in [0.29, 0.717) is 26.3 Å². The number of nitrogens with one attached hydrogen (secondary N) is 2. The van der Waals surface area contributed by atoms with E-state index in [1.807, 2.05) is 23.6 Å². The fraction of sp³-hybridized carbons (Fsp3) is 0.500. The molecule has 0 bridgehead atoms.